The minimum Gasteiger partial charge on any atom is -0.306 e. The van der Waals surface area contributed by atoms with E-state index in [1.807, 2.05) is 0 Å². The zero-order chi connectivity index (χ0) is 12.8. The van der Waals surface area contributed by atoms with Crippen molar-refractivity contribution in [2.75, 3.05) is 5.88 Å². The third-order valence-electron chi connectivity index (χ3n) is 4.17. The van der Waals surface area contributed by atoms with Gasteiger partial charge in [-0.25, -0.2) is 0 Å². The highest BCUT2D eigenvalue weighted by Crippen LogP contribution is 2.29. The first-order valence-electron chi connectivity index (χ1n) is 7.17. The van der Waals surface area contributed by atoms with E-state index in [-0.39, 0.29) is 5.54 Å². The van der Waals surface area contributed by atoms with Gasteiger partial charge in [0.2, 0.25) is 0 Å². The van der Waals surface area contributed by atoms with Crippen molar-refractivity contribution in [2.45, 2.75) is 57.5 Å². The summed E-state index contributed by atoms with van der Waals surface area (Å²) >= 11 is 6.19. The first-order valence-corrected chi connectivity index (χ1v) is 7.70. The molecule has 0 spiro atoms. The minimum absolute atomic E-state index is 0.184. The Balaban J connectivity index is 1.92. The summed E-state index contributed by atoms with van der Waals surface area (Å²) in [6.07, 6.45) is 7.56. The van der Waals surface area contributed by atoms with Crippen molar-refractivity contribution in [2.24, 2.45) is 0 Å². The molecule has 0 amide bonds. The van der Waals surface area contributed by atoms with Gasteiger partial charge in [-0.1, -0.05) is 50.5 Å². The summed E-state index contributed by atoms with van der Waals surface area (Å²) in [7, 11) is 0. The topological polar surface area (TPSA) is 12.0 Å². The molecule has 1 nitrogen and oxygen atoms in total. The highest BCUT2D eigenvalue weighted by Gasteiger charge is 2.30. The van der Waals surface area contributed by atoms with Crippen molar-refractivity contribution >= 4 is 11.6 Å². The first-order chi connectivity index (χ1) is 8.78. The van der Waals surface area contributed by atoms with Crippen LogP contribution in [-0.2, 0) is 13.0 Å². The lowest BCUT2D eigenvalue weighted by Crippen LogP contribution is -2.48. The van der Waals surface area contributed by atoms with Crippen LogP contribution in [0.3, 0.4) is 0 Å². The molecule has 1 aromatic carbocycles. The lowest BCUT2D eigenvalue weighted by Gasteiger charge is -2.36. The first kappa shape index (κ1) is 13.9. The number of nitrogens with one attached hydrogen (secondary N) is 1. The predicted octanol–water partition coefficient (Wildman–Crippen LogP) is 4.28. The van der Waals surface area contributed by atoms with Crippen molar-refractivity contribution in [1.29, 1.82) is 0 Å². The molecular weight excluding hydrogens is 242 g/mol. The van der Waals surface area contributed by atoms with Crippen LogP contribution in [0.25, 0.3) is 0 Å². The van der Waals surface area contributed by atoms with Crippen molar-refractivity contribution < 1.29 is 0 Å². The third kappa shape index (κ3) is 3.49. The van der Waals surface area contributed by atoms with Gasteiger partial charge in [-0.15, -0.1) is 11.6 Å². The summed E-state index contributed by atoms with van der Waals surface area (Å²) in [5.74, 6) is 0.736. The fraction of sp³-hybridized carbons (Fsp3) is 0.625. The van der Waals surface area contributed by atoms with Crippen molar-refractivity contribution in [1.82, 2.24) is 5.32 Å². The fourth-order valence-electron chi connectivity index (χ4n) is 2.77. The molecule has 0 atom stereocenters. The molecule has 18 heavy (non-hydrogen) atoms. The van der Waals surface area contributed by atoms with Gasteiger partial charge in [0, 0.05) is 18.0 Å². The molecule has 1 aromatic rings. The van der Waals surface area contributed by atoms with E-state index in [1.54, 1.807) is 0 Å². The summed E-state index contributed by atoms with van der Waals surface area (Å²) < 4.78 is 0. The van der Waals surface area contributed by atoms with E-state index in [9.17, 15) is 0 Å². The Labute approximate surface area is 116 Å². The Morgan fingerprint density at radius 1 is 1.06 bits per heavy atom. The molecule has 2 rings (SSSR count). The summed E-state index contributed by atoms with van der Waals surface area (Å²) in [5, 5.41) is 3.71. The highest BCUT2D eigenvalue weighted by molar-refractivity contribution is 6.18. The number of benzene rings is 1. The molecule has 1 N–H and O–H groups in total. The van der Waals surface area contributed by atoms with Crippen LogP contribution in [0, 0.1) is 0 Å². The van der Waals surface area contributed by atoms with Crippen LogP contribution in [0.5, 0.6) is 0 Å². The Bertz CT molecular complexity index is 352. The maximum Gasteiger partial charge on any atom is 0.0406 e. The number of halogens is 1. The Morgan fingerprint density at radius 3 is 2.22 bits per heavy atom. The molecule has 1 fully saturated rings. The molecule has 1 saturated carbocycles. The number of alkyl halides is 1. The largest absolute Gasteiger partial charge is 0.306 e. The minimum atomic E-state index is 0.184. The average Bonchev–Trinajstić information content (AvgIpc) is 2.47. The van der Waals surface area contributed by atoms with Crippen LogP contribution in [0.15, 0.2) is 24.3 Å². The van der Waals surface area contributed by atoms with Gasteiger partial charge < -0.3 is 5.32 Å². The summed E-state index contributed by atoms with van der Waals surface area (Å²) in [6.45, 7) is 3.13. The zero-order valence-corrected chi connectivity index (χ0v) is 12.1. The summed E-state index contributed by atoms with van der Waals surface area (Å²) in [6, 6.07) is 8.92. The smallest absolute Gasteiger partial charge is 0.0406 e. The molecule has 0 unspecified atom stereocenters. The van der Waals surface area contributed by atoms with Gasteiger partial charge in [0.05, 0.1) is 0 Å². The maximum atomic E-state index is 6.19. The van der Waals surface area contributed by atoms with Crippen LogP contribution in [-0.4, -0.2) is 11.4 Å². The normalized spacial score (nSPS) is 18.8. The van der Waals surface area contributed by atoms with Gasteiger partial charge in [0.25, 0.3) is 0 Å². The molecule has 2 heteroatoms. The molecule has 0 bridgehead atoms. The second kappa shape index (κ2) is 6.58. The van der Waals surface area contributed by atoms with Gasteiger partial charge >= 0.3 is 0 Å². The molecule has 100 valence electrons. The standard InChI is InChI=1S/C16H24ClN/c1-2-14-6-8-15(9-7-14)12-18-16(13-17)10-4-3-5-11-16/h6-9,18H,2-5,10-13H2,1H3. The van der Waals surface area contributed by atoms with E-state index in [1.165, 1.54) is 43.2 Å². The van der Waals surface area contributed by atoms with E-state index < -0.39 is 0 Å². The average molecular weight is 266 g/mol. The Kier molecular flexibility index (Phi) is 5.08. The van der Waals surface area contributed by atoms with Gasteiger partial charge in [-0.3, -0.25) is 0 Å². The summed E-state index contributed by atoms with van der Waals surface area (Å²) in [5.41, 5.74) is 2.95. The molecule has 1 aliphatic carbocycles. The molecule has 1 aliphatic rings. The molecular formula is C16H24ClN. The summed E-state index contributed by atoms with van der Waals surface area (Å²) in [4.78, 5) is 0. The van der Waals surface area contributed by atoms with E-state index >= 15 is 0 Å². The second-order valence-corrected chi connectivity index (χ2v) is 5.77. The van der Waals surface area contributed by atoms with Crippen LogP contribution < -0.4 is 5.32 Å². The van der Waals surface area contributed by atoms with Crippen molar-refractivity contribution in [3.05, 3.63) is 35.4 Å². The van der Waals surface area contributed by atoms with E-state index in [2.05, 4.69) is 36.5 Å². The van der Waals surface area contributed by atoms with Gasteiger partial charge in [-0.2, -0.15) is 0 Å². The zero-order valence-electron chi connectivity index (χ0n) is 11.3. The van der Waals surface area contributed by atoms with E-state index in [4.69, 9.17) is 11.6 Å². The number of rotatable bonds is 5. The SMILES string of the molecule is CCc1ccc(CNC2(CCl)CCCCC2)cc1. The third-order valence-corrected chi connectivity index (χ3v) is 4.68. The van der Waals surface area contributed by atoms with Gasteiger partial charge in [0.15, 0.2) is 0 Å². The maximum absolute atomic E-state index is 6.19. The quantitative estimate of drug-likeness (QED) is 0.784. The second-order valence-electron chi connectivity index (χ2n) is 5.50. The molecule has 0 aliphatic heterocycles. The monoisotopic (exact) mass is 265 g/mol. The molecule has 0 heterocycles. The number of hydrogen-bond donors (Lipinski definition) is 1. The van der Waals surface area contributed by atoms with E-state index in [0.29, 0.717) is 0 Å². The van der Waals surface area contributed by atoms with Crippen LogP contribution in [0.1, 0.15) is 50.2 Å². The van der Waals surface area contributed by atoms with Gasteiger partial charge in [-0.05, 0) is 30.4 Å². The van der Waals surface area contributed by atoms with Crippen LogP contribution >= 0.6 is 11.6 Å². The van der Waals surface area contributed by atoms with Crippen molar-refractivity contribution in [3.8, 4) is 0 Å². The van der Waals surface area contributed by atoms with E-state index in [0.717, 1.165) is 18.8 Å². The Morgan fingerprint density at radius 2 is 1.67 bits per heavy atom. The lowest BCUT2D eigenvalue weighted by atomic mass is 9.83. The fourth-order valence-corrected chi connectivity index (χ4v) is 3.13. The van der Waals surface area contributed by atoms with Crippen LogP contribution in [0.2, 0.25) is 0 Å². The number of aryl methyl sites for hydroxylation is 1. The number of hydrogen-bond acceptors (Lipinski definition) is 1. The lowest BCUT2D eigenvalue weighted by molar-refractivity contribution is 0.256. The molecule has 0 saturated heterocycles. The molecule has 0 radical (unpaired) electrons. The van der Waals surface area contributed by atoms with Crippen molar-refractivity contribution in [3.63, 3.8) is 0 Å². The predicted molar refractivity (Wildman–Crippen MR) is 79.2 cm³/mol. The Hall–Kier alpha value is -0.530. The highest BCUT2D eigenvalue weighted by atomic mass is 35.5. The van der Waals surface area contributed by atoms with Gasteiger partial charge in [0.1, 0.15) is 0 Å². The van der Waals surface area contributed by atoms with Crippen LogP contribution in [0.4, 0.5) is 0 Å². The molecule has 0 aromatic heterocycles.